The topological polar surface area (TPSA) is 51.2 Å². The zero-order chi connectivity index (χ0) is 13.2. The second-order valence-corrected chi connectivity index (χ2v) is 7.31. The molecule has 0 radical (unpaired) electrons. The highest BCUT2D eigenvalue weighted by Crippen LogP contribution is 2.22. The minimum atomic E-state index is -2.83. The number of Topliss-reactive ketones (excluding diaryl/α,β-unsaturated/α-hetero) is 1. The van der Waals surface area contributed by atoms with Crippen molar-refractivity contribution in [2.75, 3.05) is 11.5 Å². The van der Waals surface area contributed by atoms with Crippen LogP contribution in [0.1, 0.15) is 35.7 Å². The summed E-state index contributed by atoms with van der Waals surface area (Å²) in [6.07, 6.45) is 2.55. The Balaban J connectivity index is 2.03. The van der Waals surface area contributed by atoms with Gasteiger partial charge in [0.1, 0.15) is 0 Å². The molecular formula is C14H18O3S. The van der Waals surface area contributed by atoms with Gasteiger partial charge in [0.2, 0.25) is 0 Å². The first-order chi connectivity index (χ1) is 8.46. The molecule has 1 atom stereocenters. The highest BCUT2D eigenvalue weighted by atomic mass is 32.2. The smallest absolute Gasteiger partial charge is 0.159 e. The number of hydrogen-bond donors (Lipinski definition) is 0. The van der Waals surface area contributed by atoms with Crippen LogP contribution in [0.25, 0.3) is 0 Å². The van der Waals surface area contributed by atoms with Crippen molar-refractivity contribution in [1.29, 1.82) is 0 Å². The van der Waals surface area contributed by atoms with Gasteiger partial charge in [0, 0.05) is 5.56 Å². The lowest BCUT2D eigenvalue weighted by molar-refractivity contribution is 0.101. The third-order valence-electron chi connectivity index (χ3n) is 3.44. The molecule has 1 heterocycles. The number of carbonyl (C=O) groups excluding carboxylic acids is 1. The van der Waals surface area contributed by atoms with E-state index in [1.165, 1.54) is 0 Å². The van der Waals surface area contributed by atoms with Crippen LogP contribution in [0.2, 0.25) is 0 Å². The summed E-state index contributed by atoms with van der Waals surface area (Å²) in [5.41, 5.74) is 1.82. The summed E-state index contributed by atoms with van der Waals surface area (Å²) in [4.78, 5) is 11.2. The van der Waals surface area contributed by atoms with Gasteiger partial charge in [-0.1, -0.05) is 24.3 Å². The van der Waals surface area contributed by atoms with Crippen LogP contribution >= 0.6 is 0 Å². The van der Waals surface area contributed by atoms with Gasteiger partial charge in [0.25, 0.3) is 0 Å². The molecule has 1 saturated heterocycles. The molecule has 18 heavy (non-hydrogen) atoms. The second-order valence-electron chi connectivity index (χ2n) is 5.08. The van der Waals surface area contributed by atoms with E-state index in [0.29, 0.717) is 17.1 Å². The van der Waals surface area contributed by atoms with Crippen molar-refractivity contribution in [2.24, 2.45) is 5.92 Å². The monoisotopic (exact) mass is 266 g/mol. The van der Waals surface area contributed by atoms with Gasteiger partial charge in [-0.3, -0.25) is 4.79 Å². The molecule has 0 saturated carbocycles. The molecule has 0 amide bonds. The molecule has 1 fully saturated rings. The van der Waals surface area contributed by atoms with Gasteiger partial charge in [-0.15, -0.1) is 0 Å². The molecule has 1 unspecified atom stereocenters. The summed E-state index contributed by atoms with van der Waals surface area (Å²) >= 11 is 0. The van der Waals surface area contributed by atoms with E-state index in [-0.39, 0.29) is 11.7 Å². The van der Waals surface area contributed by atoms with Gasteiger partial charge in [0.05, 0.1) is 11.5 Å². The van der Waals surface area contributed by atoms with E-state index in [2.05, 4.69) is 0 Å². The van der Waals surface area contributed by atoms with Gasteiger partial charge < -0.3 is 0 Å². The Labute approximate surface area is 108 Å². The molecule has 0 spiro atoms. The van der Waals surface area contributed by atoms with Gasteiger partial charge in [0.15, 0.2) is 15.6 Å². The largest absolute Gasteiger partial charge is 0.295 e. The second kappa shape index (κ2) is 5.22. The van der Waals surface area contributed by atoms with Crippen LogP contribution in [0.5, 0.6) is 0 Å². The fourth-order valence-corrected chi connectivity index (χ4v) is 4.26. The molecule has 2 rings (SSSR count). The Kier molecular flexibility index (Phi) is 3.85. The lowest BCUT2D eigenvalue weighted by Crippen LogP contribution is -2.26. The van der Waals surface area contributed by atoms with Crippen LogP contribution in [0, 0.1) is 5.92 Å². The lowest BCUT2D eigenvalue weighted by atomic mass is 9.95. The summed E-state index contributed by atoms with van der Waals surface area (Å²) in [7, 11) is -2.83. The summed E-state index contributed by atoms with van der Waals surface area (Å²) in [5.74, 6) is 0.933. The van der Waals surface area contributed by atoms with E-state index < -0.39 is 9.84 Å². The summed E-state index contributed by atoms with van der Waals surface area (Å²) < 4.78 is 23.1. The summed E-state index contributed by atoms with van der Waals surface area (Å²) in [6.45, 7) is 1.54. The molecule has 0 aromatic heterocycles. The molecule has 0 bridgehead atoms. The minimum Gasteiger partial charge on any atom is -0.295 e. The standard InChI is InChI=1S/C14H18O3S/c1-11(15)14-6-4-12(5-7-14)9-13-3-2-8-18(16,17)10-13/h4-7,13H,2-3,8-10H2,1H3. The van der Waals surface area contributed by atoms with Gasteiger partial charge in [-0.05, 0) is 37.7 Å². The Morgan fingerprint density at radius 1 is 1.28 bits per heavy atom. The third-order valence-corrected chi connectivity index (χ3v) is 5.33. The van der Waals surface area contributed by atoms with E-state index in [9.17, 15) is 13.2 Å². The maximum absolute atomic E-state index is 11.5. The predicted octanol–water partition coefficient (Wildman–Crippen LogP) is 2.26. The van der Waals surface area contributed by atoms with Crippen molar-refractivity contribution < 1.29 is 13.2 Å². The van der Waals surface area contributed by atoms with Crippen molar-refractivity contribution in [3.05, 3.63) is 35.4 Å². The fraction of sp³-hybridized carbons (Fsp3) is 0.500. The first kappa shape index (κ1) is 13.3. The van der Waals surface area contributed by atoms with Crippen LogP contribution in [0.15, 0.2) is 24.3 Å². The first-order valence-corrected chi connectivity index (χ1v) is 8.09. The molecule has 3 nitrogen and oxygen atoms in total. The predicted molar refractivity (Wildman–Crippen MR) is 71.5 cm³/mol. The fourth-order valence-electron chi connectivity index (χ4n) is 2.49. The first-order valence-electron chi connectivity index (χ1n) is 6.26. The van der Waals surface area contributed by atoms with E-state index in [1.54, 1.807) is 6.92 Å². The molecule has 1 aliphatic heterocycles. The molecule has 0 aliphatic carbocycles. The molecule has 1 aromatic rings. The molecule has 1 aromatic carbocycles. The molecule has 98 valence electrons. The normalized spacial score (nSPS) is 22.6. The van der Waals surface area contributed by atoms with Gasteiger partial charge >= 0.3 is 0 Å². The number of hydrogen-bond acceptors (Lipinski definition) is 3. The highest BCUT2D eigenvalue weighted by Gasteiger charge is 2.24. The average molecular weight is 266 g/mol. The van der Waals surface area contributed by atoms with Crippen molar-refractivity contribution in [1.82, 2.24) is 0 Å². The molecular weight excluding hydrogens is 248 g/mol. The lowest BCUT2D eigenvalue weighted by Gasteiger charge is -2.21. The number of sulfone groups is 1. The van der Waals surface area contributed by atoms with Crippen molar-refractivity contribution in [3.8, 4) is 0 Å². The number of rotatable bonds is 3. The SMILES string of the molecule is CC(=O)c1ccc(CC2CCCS(=O)(=O)C2)cc1. The Morgan fingerprint density at radius 3 is 2.50 bits per heavy atom. The zero-order valence-electron chi connectivity index (χ0n) is 10.6. The van der Waals surface area contributed by atoms with E-state index in [1.807, 2.05) is 24.3 Å². The summed E-state index contributed by atoms with van der Waals surface area (Å²) in [6, 6.07) is 7.49. The van der Waals surface area contributed by atoms with Crippen LogP contribution in [-0.2, 0) is 16.3 Å². The van der Waals surface area contributed by atoms with Crippen molar-refractivity contribution in [3.63, 3.8) is 0 Å². The van der Waals surface area contributed by atoms with Crippen LogP contribution < -0.4 is 0 Å². The van der Waals surface area contributed by atoms with Crippen LogP contribution in [-0.4, -0.2) is 25.7 Å². The number of ketones is 1. The average Bonchev–Trinajstić information content (AvgIpc) is 2.28. The highest BCUT2D eigenvalue weighted by molar-refractivity contribution is 7.91. The van der Waals surface area contributed by atoms with E-state index in [0.717, 1.165) is 24.8 Å². The zero-order valence-corrected chi connectivity index (χ0v) is 11.4. The molecule has 4 heteroatoms. The third kappa shape index (κ3) is 3.42. The Morgan fingerprint density at radius 2 is 1.94 bits per heavy atom. The van der Waals surface area contributed by atoms with Gasteiger partial charge in [-0.2, -0.15) is 0 Å². The van der Waals surface area contributed by atoms with Crippen LogP contribution in [0.4, 0.5) is 0 Å². The maximum atomic E-state index is 11.5. The molecule has 0 N–H and O–H groups in total. The van der Waals surface area contributed by atoms with Crippen molar-refractivity contribution in [2.45, 2.75) is 26.2 Å². The van der Waals surface area contributed by atoms with E-state index in [4.69, 9.17) is 0 Å². The Bertz CT molecular complexity index is 529. The summed E-state index contributed by atoms with van der Waals surface area (Å²) in [5, 5.41) is 0. The quantitative estimate of drug-likeness (QED) is 0.788. The number of benzene rings is 1. The van der Waals surface area contributed by atoms with Crippen LogP contribution in [0.3, 0.4) is 0 Å². The Hall–Kier alpha value is -1.16. The minimum absolute atomic E-state index is 0.0572. The molecule has 1 aliphatic rings. The van der Waals surface area contributed by atoms with Crippen molar-refractivity contribution >= 4 is 15.6 Å². The van der Waals surface area contributed by atoms with Gasteiger partial charge in [-0.25, -0.2) is 8.42 Å². The number of carbonyl (C=O) groups is 1. The maximum Gasteiger partial charge on any atom is 0.159 e. The van der Waals surface area contributed by atoms with E-state index >= 15 is 0 Å².